The molecule has 1 fully saturated rings. The van der Waals surface area contributed by atoms with Gasteiger partial charge in [-0.05, 0) is 19.4 Å². The molecule has 1 amide bonds. The van der Waals surface area contributed by atoms with Gasteiger partial charge in [-0.15, -0.1) is 0 Å². The Morgan fingerprint density at radius 3 is 2.59 bits per heavy atom. The van der Waals surface area contributed by atoms with Gasteiger partial charge in [0.1, 0.15) is 0 Å². The van der Waals surface area contributed by atoms with Crippen molar-refractivity contribution in [1.29, 1.82) is 0 Å². The minimum Gasteiger partial charge on any atom is -0.372 e. The highest BCUT2D eigenvalue weighted by molar-refractivity contribution is 5.93. The van der Waals surface area contributed by atoms with Crippen molar-refractivity contribution in [3.63, 3.8) is 0 Å². The minimum absolute atomic E-state index is 0.0290. The monoisotopic (exact) mass is 299 g/mol. The van der Waals surface area contributed by atoms with Gasteiger partial charge in [-0.1, -0.05) is 30.3 Å². The molecule has 2 heterocycles. The van der Waals surface area contributed by atoms with Gasteiger partial charge in [0, 0.05) is 19.3 Å². The topological polar surface area (TPSA) is 47.4 Å². The van der Waals surface area contributed by atoms with Crippen molar-refractivity contribution in [3.8, 4) is 0 Å². The summed E-state index contributed by atoms with van der Waals surface area (Å²) in [5, 5.41) is 4.30. The van der Waals surface area contributed by atoms with Crippen LogP contribution in [0.25, 0.3) is 0 Å². The predicted octanol–water partition coefficient (Wildman–Crippen LogP) is 2.18. The molecule has 1 aliphatic heterocycles. The second kappa shape index (κ2) is 6.32. The Hall–Kier alpha value is -2.14. The molecule has 0 saturated carbocycles. The maximum absolute atomic E-state index is 12.6. The number of aromatic nitrogens is 2. The van der Waals surface area contributed by atoms with Gasteiger partial charge in [0.05, 0.1) is 30.5 Å². The average molecular weight is 299 g/mol. The highest BCUT2D eigenvalue weighted by atomic mass is 16.5. The minimum atomic E-state index is 0.0290. The molecule has 5 nitrogen and oxygen atoms in total. The highest BCUT2D eigenvalue weighted by Crippen LogP contribution is 2.14. The van der Waals surface area contributed by atoms with E-state index in [0.717, 1.165) is 0 Å². The molecule has 5 heteroatoms. The molecule has 3 rings (SSSR count). The van der Waals surface area contributed by atoms with Crippen LogP contribution < -0.4 is 0 Å². The molecule has 116 valence electrons. The Morgan fingerprint density at radius 1 is 1.23 bits per heavy atom. The molecule has 1 saturated heterocycles. The lowest BCUT2D eigenvalue weighted by molar-refractivity contribution is -0.0586. The lowest BCUT2D eigenvalue weighted by Crippen LogP contribution is -2.48. The van der Waals surface area contributed by atoms with Crippen molar-refractivity contribution >= 4 is 5.91 Å². The first kappa shape index (κ1) is 14.8. The SMILES string of the molecule is CC1CN(C(=O)c2cnn(Cc3ccccc3)c2)CC(C)O1. The molecule has 1 aliphatic rings. The van der Waals surface area contributed by atoms with Crippen LogP contribution in [-0.2, 0) is 11.3 Å². The van der Waals surface area contributed by atoms with Gasteiger partial charge in [0.2, 0.25) is 0 Å². The smallest absolute Gasteiger partial charge is 0.257 e. The Kier molecular flexibility index (Phi) is 4.24. The van der Waals surface area contributed by atoms with E-state index in [1.54, 1.807) is 10.9 Å². The molecular formula is C17H21N3O2. The number of nitrogens with zero attached hydrogens (tertiary/aromatic N) is 3. The predicted molar refractivity (Wildman–Crippen MR) is 83.7 cm³/mol. The third-order valence-electron chi connectivity index (χ3n) is 3.77. The van der Waals surface area contributed by atoms with E-state index in [1.807, 2.05) is 43.1 Å². The fraction of sp³-hybridized carbons (Fsp3) is 0.412. The van der Waals surface area contributed by atoms with Gasteiger partial charge in [0.15, 0.2) is 0 Å². The van der Waals surface area contributed by atoms with E-state index >= 15 is 0 Å². The Labute approximate surface area is 130 Å². The quantitative estimate of drug-likeness (QED) is 0.873. The zero-order valence-corrected chi connectivity index (χ0v) is 13.0. The molecular weight excluding hydrogens is 278 g/mol. The van der Waals surface area contributed by atoms with Crippen LogP contribution in [-0.4, -0.2) is 45.9 Å². The van der Waals surface area contributed by atoms with Crippen molar-refractivity contribution in [1.82, 2.24) is 14.7 Å². The summed E-state index contributed by atoms with van der Waals surface area (Å²) in [5.74, 6) is 0.0290. The molecule has 0 aliphatic carbocycles. The molecule has 0 bridgehead atoms. The first-order valence-electron chi connectivity index (χ1n) is 7.63. The van der Waals surface area contributed by atoms with Crippen molar-refractivity contribution in [3.05, 3.63) is 53.9 Å². The van der Waals surface area contributed by atoms with Gasteiger partial charge in [-0.2, -0.15) is 5.10 Å². The van der Waals surface area contributed by atoms with Crippen LogP contribution in [0.4, 0.5) is 0 Å². The van der Waals surface area contributed by atoms with Crippen LogP contribution in [0.2, 0.25) is 0 Å². The van der Waals surface area contributed by atoms with E-state index in [2.05, 4.69) is 17.2 Å². The largest absolute Gasteiger partial charge is 0.372 e. The standard InChI is InChI=1S/C17H21N3O2/c1-13-9-19(10-14(2)22-13)17(21)16-8-18-20(12-16)11-15-6-4-3-5-7-15/h3-8,12-14H,9-11H2,1-2H3. The number of carbonyl (C=O) groups excluding carboxylic acids is 1. The fourth-order valence-corrected chi connectivity index (χ4v) is 2.86. The average Bonchev–Trinajstić information content (AvgIpc) is 2.95. The zero-order valence-electron chi connectivity index (χ0n) is 13.0. The van der Waals surface area contributed by atoms with E-state index in [9.17, 15) is 4.79 Å². The molecule has 22 heavy (non-hydrogen) atoms. The Bertz CT molecular complexity index is 628. The fourth-order valence-electron chi connectivity index (χ4n) is 2.86. The van der Waals surface area contributed by atoms with Crippen LogP contribution in [0.1, 0.15) is 29.8 Å². The number of ether oxygens (including phenoxy) is 1. The summed E-state index contributed by atoms with van der Waals surface area (Å²) < 4.78 is 7.47. The van der Waals surface area contributed by atoms with Crippen molar-refractivity contribution in [2.24, 2.45) is 0 Å². The Balaban J connectivity index is 1.69. The molecule has 2 aromatic rings. The zero-order chi connectivity index (χ0) is 15.5. The number of hydrogen-bond donors (Lipinski definition) is 0. The van der Waals surface area contributed by atoms with E-state index in [-0.39, 0.29) is 18.1 Å². The second-order valence-corrected chi connectivity index (χ2v) is 5.88. The van der Waals surface area contributed by atoms with Gasteiger partial charge in [-0.25, -0.2) is 0 Å². The number of carbonyl (C=O) groups is 1. The molecule has 1 aromatic carbocycles. The summed E-state index contributed by atoms with van der Waals surface area (Å²) in [5.41, 5.74) is 1.80. The van der Waals surface area contributed by atoms with Gasteiger partial charge in [0.25, 0.3) is 5.91 Å². The van der Waals surface area contributed by atoms with Crippen LogP contribution in [0.5, 0.6) is 0 Å². The van der Waals surface area contributed by atoms with Gasteiger partial charge >= 0.3 is 0 Å². The lowest BCUT2D eigenvalue weighted by atomic mass is 10.2. The molecule has 0 spiro atoms. The van der Waals surface area contributed by atoms with Crippen LogP contribution in [0, 0.1) is 0 Å². The summed E-state index contributed by atoms with van der Waals surface area (Å²) in [4.78, 5) is 14.4. The van der Waals surface area contributed by atoms with Crippen molar-refractivity contribution < 1.29 is 9.53 Å². The molecule has 2 unspecified atom stereocenters. The number of hydrogen-bond acceptors (Lipinski definition) is 3. The maximum Gasteiger partial charge on any atom is 0.257 e. The first-order chi connectivity index (χ1) is 10.6. The normalized spacial score (nSPS) is 21.8. The van der Waals surface area contributed by atoms with Gasteiger partial charge < -0.3 is 9.64 Å². The number of rotatable bonds is 3. The lowest BCUT2D eigenvalue weighted by Gasteiger charge is -2.35. The maximum atomic E-state index is 12.6. The molecule has 0 radical (unpaired) electrons. The van der Waals surface area contributed by atoms with Crippen LogP contribution in [0.15, 0.2) is 42.7 Å². The first-order valence-corrected chi connectivity index (χ1v) is 7.63. The number of amides is 1. The molecule has 1 aromatic heterocycles. The number of benzene rings is 1. The molecule has 2 atom stereocenters. The van der Waals surface area contributed by atoms with Crippen LogP contribution >= 0.6 is 0 Å². The third kappa shape index (κ3) is 3.36. The summed E-state index contributed by atoms with van der Waals surface area (Å²) in [6, 6.07) is 10.1. The van der Waals surface area contributed by atoms with E-state index in [1.165, 1.54) is 5.56 Å². The van der Waals surface area contributed by atoms with Crippen molar-refractivity contribution in [2.75, 3.05) is 13.1 Å². The second-order valence-electron chi connectivity index (χ2n) is 5.88. The van der Waals surface area contributed by atoms with Crippen molar-refractivity contribution in [2.45, 2.75) is 32.6 Å². The summed E-state index contributed by atoms with van der Waals surface area (Å²) in [6.07, 6.45) is 3.62. The third-order valence-corrected chi connectivity index (χ3v) is 3.77. The molecule has 0 N–H and O–H groups in total. The highest BCUT2D eigenvalue weighted by Gasteiger charge is 2.27. The summed E-state index contributed by atoms with van der Waals surface area (Å²) >= 11 is 0. The summed E-state index contributed by atoms with van der Waals surface area (Å²) in [6.45, 7) is 5.92. The summed E-state index contributed by atoms with van der Waals surface area (Å²) in [7, 11) is 0. The van der Waals surface area contributed by atoms with Gasteiger partial charge in [-0.3, -0.25) is 9.48 Å². The van der Waals surface area contributed by atoms with E-state index in [0.29, 0.717) is 25.2 Å². The number of morpholine rings is 1. The van der Waals surface area contributed by atoms with E-state index in [4.69, 9.17) is 4.74 Å². The Morgan fingerprint density at radius 2 is 1.91 bits per heavy atom. The van der Waals surface area contributed by atoms with Crippen LogP contribution in [0.3, 0.4) is 0 Å². The van der Waals surface area contributed by atoms with E-state index < -0.39 is 0 Å².